The molecule has 0 aliphatic rings. The number of fused-ring (bicyclic) bond motifs is 1. The largest absolute Gasteiger partial charge is 0.352 e. The van der Waals surface area contributed by atoms with Crippen LogP contribution in [0, 0.1) is 0 Å². The van der Waals surface area contributed by atoms with E-state index in [2.05, 4.69) is 51.9 Å². The van der Waals surface area contributed by atoms with Gasteiger partial charge in [0.05, 0.1) is 10.7 Å². The number of carbonyl (C=O) groups excluding carboxylic acids is 1. The van der Waals surface area contributed by atoms with Crippen molar-refractivity contribution in [3.8, 4) is 0 Å². The number of rotatable bonds is 4. The highest BCUT2D eigenvalue weighted by Gasteiger charge is 2.17. The van der Waals surface area contributed by atoms with Crippen LogP contribution in [0.1, 0.15) is 41.8 Å². The van der Waals surface area contributed by atoms with Crippen LogP contribution in [-0.4, -0.2) is 32.8 Å². The first-order valence-corrected chi connectivity index (χ1v) is 8.35. The van der Waals surface area contributed by atoms with Crippen LogP contribution in [0.25, 0.3) is 11.0 Å². The molecule has 3 rings (SSSR count). The van der Waals surface area contributed by atoms with E-state index >= 15 is 0 Å². The molecular weight excluding hydrogens is 310 g/mol. The number of hydrogen-bond acceptors (Lipinski definition) is 5. The summed E-state index contributed by atoms with van der Waals surface area (Å²) < 4.78 is 0. The monoisotopic (exact) mass is 329 g/mol. The molecule has 1 amide bonds. The van der Waals surface area contributed by atoms with E-state index in [9.17, 15) is 4.79 Å². The van der Waals surface area contributed by atoms with Crippen molar-refractivity contribution in [1.82, 2.24) is 25.7 Å². The highest BCUT2D eigenvalue weighted by Crippen LogP contribution is 2.23. The van der Waals surface area contributed by atoms with Crippen molar-refractivity contribution in [2.75, 3.05) is 6.54 Å². The summed E-state index contributed by atoms with van der Waals surface area (Å²) in [6.07, 6.45) is 0.735. The maximum absolute atomic E-state index is 12.2. The number of aromatic nitrogens is 4. The van der Waals surface area contributed by atoms with E-state index in [-0.39, 0.29) is 11.3 Å². The summed E-state index contributed by atoms with van der Waals surface area (Å²) >= 11 is 1.64. The molecule has 0 radical (unpaired) electrons. The molecule has 23 heavy (non-hydrogen) atoms. The van der Waals surface area contributed by atoms with Crippen LogP contribution >= 0.6 is 11.3 Å². The van der Waals surface area contributed by atoms with E-state index in [1.54, 1.807) is 29.5 Å². The molecule has 2 aromatic heterocycles. The molecular formula is C16H19N5OS. The molecule has 0 fully saturated rings. The molecule has 1 aromatic carbocycles. The molecule has 0 bridgehead atoms. The number of H-pyrrole nitrogens is 1. The van der Waals surface area contributed by atoms with Gasteiger partial charge in [-0.15, -0.1) is 11.3 Å². The summed E-state index contributed by atoms with van der Waals surface area (Å²) in [6.45, 7) is 7.00. The summed E-state index contributed by atoms with van der Waals surface area (Å²) in [6, 6.07) is 5.26. The number of benzene rings is 1. The summed E-state index contributed by atoms with van der Waals surface area (Å²) in [7, 11) is 0. The number of amides is 1. The third kappa shape index (κ3) is 3.56. The fourth-order valence-electron chi connectivity index (χ4n) is 2.14. The van der Waals surface area contributed by atoms with Gasteiger partial charge in [-0.3, -0.25) is 4.79 Å². The van der Waals surface area contributed by atoms with Crippen molar-refractivity contribution < 1.29 is 4.79 Å². The zero-order chi connectivity index (χ0) is 16.4. The average molecular weight is 329 g/mol. The van der Waals surface area contributed by atoms with E-state index in [1.165, 1.54) is 0 Å². The second-order valence-corrected chi connectivity index (χ2v) is 7.35. The molecule has 0 aliphatic heterocycles. The van der Waals surface area contributed by atoms with Crippen molar-refractivity contribution in [3.63, 3.8) is 0 Å². The van der Waals surface area contributed by atoms with Gasteiger partial charge in [0, 0.05) is 29.3 Å². The summed E-state index contributed by atoms with van der Waals surface area (Å²) in [4.78, 5) is 16.8. The normalized spacial score (nSPS) is 11.8. The Labute approximate surface area is 138 Å². The van der Waals surface area contributed by atoms with Crippen LogP contribution in [0.15, 0.2) is 23.6 Å². The van der Waals surface area contributed by atoms with Gasteiger partial charge in [-0.1, -0.05) is 20.8 Å². The highest BCUT2D eigenvalue weighted by atomic mass is 32.1. The second-order valence-electron chi connectivity index (χ2n) is 6.41. The maximum atomic E-state index is 12.2. The molecule has 0 saturated heterocycles. The lowest BCUT2D eigenvalue weighted by Gasteiger charge is -2.14. The van der Waals surface area contributed by atoms with E-state index in [1.807, 2.05) is 0 Å². The Kier molecular flexibility index (Phi) is 4.12. The molecule has 0 unspecified atom stereocenters. The molecule has 0 spiro atoms. The van der Waals surface area contributed by atoms with Crippen molar-refractivity contribution in [1.29, 1.82) is 0 Å². The topological polar surface area (TPSA) is 83.6 Å². The van der Waals surface area contributed by atoms with Gasteiger partial charge in [-0.25, -0.2) is 4.98 Å². The summed E-state index contributed by atoms with van der Waals surface area (Å²) in [5.74, 6) is -0.109. The van der Waals surface area contributed by atoms with Crippen LogP contribution in [0.2, 0.25) is 0 Å². The van der Waals surface area contributed by atoms with Crippen LogP contribution < -0.4 is 5.32 Å². The summed E-state index contributed by atoms with van der Waals surface area (Å²) in [5, 5.41) is 16.6. The van der Waals surface area contributed by atoms with Crippen molar-refractivity contribution in [3.05, 3.63) is 39.8 Å². The Balaban J connectivity index is 1.57. The van der Waals surface area contributed by atoms with E-state index in [0.29, 0.717) is 17.6 Å². The van der Waals surface area contributed by atoms with E-state index in [4.69, 9.17) is 0 Å². The van der Waals surface area contributed by atoms with E-state index < -0.39 is 0 Å². The lowest BCUT2D eigenvalue weighted by atomic mass is 9.93. The van der Waals surface area contributed by atoms with Crippen LogP contribution in [0.5, 0.6) is 0 Å². The van der Waals surface area contributed by atoms with Crippen molar-refractivity contribution in [2.24, 2.45) is 0 Å². The zero-order valence-corrected chi connectivity index (χ0v) is 14.2. The Morgan fingerprint density at radius 3 is 2.78 bits per heavy atom. The smallest absolute Gasteiger partial charge is 0.251 e. The number of hydrogen-bond donors (Lipinski definition) is 2. The van der Waals surface area contributed by atoms with Gasteiger partial charge in [-0.05, 0) is 18.2 Å². The Hall–Kier alpha value is -2.28. The second kappa shape index (κ2) is 6.08. The van der Waals surface area contributed by atoms with Gasteiger partial charge in [0.15, 0.2) is 0 Å². The van der Waals surface area contributed by atoms with Gasteiger partial charge in [0.2, 0.25) is 0 Å². The third-order valence-electron chi connectivity index (χ3n) is 3.52. The minimum Gasteiger partial charge on any atom is -0.352 e. The SMILES string of the molecule is CC(C)(C)c1csc(CCNC(=O)c2ccc3n[nH]nc3c2)n1. The maximum Gasteiger partial charge on any atom is 0.251 e. The molecule has 2 N–H and O–H groups in total. The van der Waals surface area contributed by atoms with Crippen molar-refractivity contribution in [2.45, 2.75) is 32.6 Å². The lowest BCUT2D eigenvalue weighted by Crippen LogP contribution is -2.25. The molecule has 0 atom stereocenters. The molecule has 0 saturated carbocycles. The molecule has 2 heterocycles. The van der Waals surface area contributed by atoms with Crippen LogP contribution in [-0.2, 0) is 11.8 Å². The van der Waals surface area contributed by atoms with Gasteiger partial charge >= 0.3 is 0 Å². The average Bonchev–Trinajstić information content (AvgIpc) is 3.14. The first-order chi connectivity index (χ1) is 10.9. The molecule has 0 aliphatic carbocycles. The standard InChI is InChI=1S/C16H19N5OS/c1-16(2,3)13-9-23-14(18-13)6-7-17-15(22)10-4-5-11-12(8-10)20-21-19-11/h4-5,8-9H,6-7H2,1-3H3,(H,17,22)(H,19,20,21). The van der Waals surface area contributed by atoms with Gasteiger partial charge < -0.3 is 5.32 Å². The Morgan fingerprint density at radius 2 is 2.04 bits per heavy atom. The number of aromatic amines is 1. The van der Waals surface area contributed by atoms with Crippen LogP contribution in [0.4, 0.5) is 0 Å². The quantitative estimate of drug-likeness (QED) is 0.771. The molecule has 7 heteroatoms. The first-order valence-electron chi connectivity index (χ1n) is 7.47. The fraction of sp³-hybridized carbons (Fsp3) is 0.375. The van der Waals surface area contributed by atoms with E-state index in [0.717, 1.165) is 22.6 Å². The summed E-state index contributed by atoms with van der Waals surface area (Å²) in [5.41, 5.74) is 3.18. The molecule has 120 valence electrons. The molecule has 6 nitrogen and oxygen atoms in total. The zero-order valence-electron chi connectivity index (χ0n) is 13.4. The number of nitrogens with zero attached hydrogens (tertiary/aromatic N) is 3. The number of carbonyl (C=O) groups is 1. The van der Waals surface area contributed by atoms with Crippen LogP contribution in [0.3, 0.4) is 0 Å². The fourth-order valence-corrected chi connectivity index (χ4v) is 3.16. The predicted octanol–water partition coefficient (Wildman–Crippen LogP) is 2.68. The van der Waals surface area contributed by atoms with Gasteiger partial charge in [0.1, 0.15) is 11.0 Å². The van der Waals surface area contributed by atoms with Gasteiger partial charge in [-0.2, -0.15) is 15.4 Å². The molecule has 3 aromatic rings. The van der Waals surface area contributed by atoms with Crippen molar-refractivity contribution >= 4 is 28.3 Å². The Bertz CT molecular complexity index is 830. The minimum atomic E-state index is -0.109. The minimum absolute atomic E-state index is 0.0605. The predicted molar refractivity (Wildman–Crippen MR) is 90.7 cm³/mol. The third-order valence-corrected chi connectivity index (χ3v) is 4.43. The van der Waals surface area contributed by atoms with Gasteiger partial charge in [0.25, 0.3) is 5.91 Å². The number of nitrogens with one attached hydrogen (secondary N) is 2. The number of thiazole rings is 1. The lowest BCUT2D eigenvalue weighted by molar-refractivity contribution is 0.0954. The highest BCUT2D eigenvalue weighted by molar-refractivity contribution is 7.09. The Morgan fingerprint density at radius 1 is 1.26 bits per heavy atom. The first kappa shape index (κ1) is 15.6.